The number of aliphatic hydroxyl groups excluding tert-OH is 1. The molecule has 1 fully saturated rings. The second kappa shape index (κ2) is 11.5. The molecule has 0 radical (unpaired) electrons. The van der Waals surface area contributed by atoms with Gasteiger partial charge in [0.05, 0.1) is 24.7 Å². The Morgan fingerprint density at radius 3 is 2.65 bits per heavy atom. The lowest BCUT2D eigenvalue weighted by Gasteiger charge is -2.20. The summed E-state index contributed by atoms with van der Waals surface area (Å²) < 4.78 is 4.61. The van der Waals surface area contributed by atoms with Crippen LogP contribution in [-0.2, 0) is 14.3 Å². The third kappa shape index (κ3) is 8.00. The number of hydrogen-bond donors (Lipinski definition) is 2. The predicted molar refractivity (Wildman–Crippen MR) is 102 cm³/mol. The van der Waals surface area contributed by atoms with E-state index in [1.807, 2.05) is 13.0 Å². The minimum absolute atomic E-state index is 0.0728. The van der Waals surface area contributed by atoms with Crippen LogP contribution in [0.5, 0.6) is 0 Å². The van der Waals surface area contributed by atoms with Gasteiger partial charge < -0.3 is 14.9 Å². The maximum atomic E-state index is 12.5. The number of carbonyl (C=O) groups excluding carboxylic acids is 2. The second-order valence-corrected chi connectivity index (χ2v) is 7.84. The van der Waals surface area contributed by atoms with Crippen LogP contribution >= 0.6 is 0 Å². The van der Waals surface area contributed by atoms with Gasteiger partial charge >= 0.3 is 5.97 Å². The molecule has 1 aliphatic carbocycles. The Morgan fingerprint density at radius 2 is 2.00 bits per heavy atom. The smallest absolute Gasteiger partial charge is 0.305 e. The summed E-state index contributed by atoms with van der Waals surface area (Å²) >= 11 is 0. The number of hydrogen-bond acceptors (Lipinski definition) is 5. The van der Waals surface area contributed by atoms with E-state index in [0.29, 0.717) is 19.3 Å². The van der Waals surface area contributed by atoms with Crippen LogP contribution in [-0.4, -0.2) is 40.8 Å². The van der Waals surface area contributed by atoms with Gasteiger partial charge in [0, 0.05) is 12.3 Å². The van der Waals surface area contributed by atoms with E-state index in [-0.39, 0.29) is 17.7 Å². The molecule has 150 valence electrons. The van der Waals surface area contributed by atoms with Crippen molar-refractivity contribution in [2.24, 2.45) is 11.8 Å². The zero-order valence-electron chi connectivity index (χ0n) is 16.6. The summed E-state index contributed by atoms with van der Waals surface area (Å²) in [6.45, 7) is 3.83. The van der Waals surface area contributed by atoms with Crippen molar-refractivity contribution in [3.8, 4) is 0 Å². The highest BCUT2D eigenvalue weighted by Crippen LogP contribution is 2.33. The first-order chi connectivity index (χ1) is 12.3. The molecule has 0 aliphatic heterocycles. The summed E-state index contributed by atoms with van der Waals surface area (Å²) in [5.74, 6) is -0.557. The van der Waals surface area contributed by atoms with Crippen molar-refractivity contribution in [2.45, 2.75) is 89.8 Å². The van der Waals surface area contributed by atoms with Crippen LogP contribution in [0.25, 0.3) is 0 Å². The van der Waals surface area contributed by atoms with Gasteiger partial charge in [0.15, 0.2) is 0 Å². The first kappa shape index (κ1) is 22.8. The molecule has 26 heavy (non-hydrogen) atoms. The highest BCUT2D eigenvalue weighted by atomic mass is 16.5. The fourth-order valence-corrected chi connectivity index (χ4v) is 3.72. The summed E-state index contributed by atoms with van der Waals surface area (Å²) in [6.07, 6.45) is 10.6. The Bertz CT molecular complexity index is 469. The number of Topliss-reactive ketones (excluding diaryl/α,β-unsaturated/α-hetero) is 1. The minimum Gasteiger partial charge on any atom is -0.469 e. The Hall–Kier alpha value is -1.20. The lowest BCUT2D eigenvalue weighted by Crippen LogP contribution is -2.23. The number of ketones is 1. The number of aliphatic hydroxyl groups is 2. The van der Waals surface area contributed by atoms with Crippen LogP contribution in [0.15, 0.2) is 12.2 Å². The van der Waals surface area contributed by atoms with Crippen molar-refractivity contribution >= 4 is 11.8 Å². The van der Waals surface area contributed by atoms with Gasteiger partial charge in [-0.05, 0) is 39.0 Å². The molecule has 1 saturated carbocycles. The van der Waals surface area contributed by atoms with Gasteiger partial charge in [-0.3, -0.25) is 9.59 Å². The molecule has 0 aromatic carbocycles. The Morgan fingerprint density at radius 1 is 1.31 bits per heavy atom. The molecule has 2 unspecified atom stereocenters. The van der Waals surface area contributed by atoms with Crippen molar-refractivity contribution in [1.82, 2.24) is 0 Å². The summed E-state index contributed by atoms with van der Waals surface area (Å²) in [4.78, 5) is 23.5. The van der Waals surface area contributed by atoms with Gasteiger partial charge in [0.2, 0.25) is 0 Å². The maximum absolute atomic E-state index is 12.5. The third-order valence-electron chi connectivity index (χ3n) is 5.27. The predicted octanol–water partition coefficient (Wildman–Crippen LogP) is 3.56. The highest BCUT2D eigenvalue weighted by molar-refractivity contribution is 5.87. The fourth-order valence-electron chi connectivity index (χ4n) is 3.72. The lowest BCUT2D eigenvalue weighted by molar-refractivity contribution is -0.140. The average molecular weight is 369 g/mol. The van der Waals surface area contributed by atoms with Crippen molar-refractivity contribution in [3.05, 3.63) is 12.2 Å². The normalized spacial score (nSPS) is 25.6. The number of unbranched alkanes of at least 4 members (excludes halogenated alkanes) is 3. The van der Waals surface area contributed by atoms with Crippen LogP contribution in [0.4, 0.5) is 0 Å². The van der Waals surface area contributed by atoms with Gasteiger partial charge in [-0.25, -0.2) is 0 Å². The monoisotopic (exact) mass is 368 g/mol. The molecule has 1 aliphatic rings. The molecular weight excluding hydrogens is 332 g/mol. The Balaban J connectivity index is 2.32. The van der Waals surface area contributed by atoms with E-state index in [1.165, 1.54) is 7.11 Å². The topological polar surface area (TPSA) is 83.8 Å². The van der Waals surface area contributed by atoms with E-state index in [1.54, 1.807) is 13.0 Å². The van der Waals surface area contributed by atoms with E-state index >= 15 is 0 Å². The van der Waals surface area contributed by atoms with E-state index in [9.17, 15) is 19.8 Å². The van der Waals surface area contributed by atoms with E-state index in [2.05, 4.69) is 4.74 Å². The van der Waals surface area contributed by atoms with E-state index < -0.39 is 17.6 Å². The van der Waals surface area contributed by atoms with Gasteiger partial charge in [-0.15, -0.1) is 0 Å². The van der Waals surface area contributed by atoms with Crippen LogP contribution in [0.2, 0.25) is 0 Å². The molecule has 0 bridgehead atoms. The zero-order chi connectivity index (χ0) is 19.6. The van der Waals surface area contributed by atoms with E-state index in [0.717, 1.165) is 44.9 Å². The highest BCUT2D eigenvalue weighted by Gasteiger charge is 2.39. The Labute approximate surface area is 157 Å². The summed E-state index contributed by atoms with van der Waals surface area (Å²) in [7, 11) is 1.40. The maximum Gasteiger partial charge on any atom is 0.305 e. The van der Waals surface area contributed by atoms with Crippen molar-refractivity contribution in [2.75, 3.05) is 7.11 Å². The summed E-state index contributed by atoms with van der Waals surface area (Å²) in [6, 6.07) is 0. The molecule has 1 rings (SSSR count). The van der Waals surface area contributed by atoms with Gasteiger partial charge in [0.25, 0.3) is 0 Å². The molecule has 0 spiro atoms. The van der Waals surface area contributed by atoms with Crippen LogP contribution in [0, 0.1) is 11.8 Å². The van der Waals surface area contributed by atoms with Crippen LogP contribution in [0.1, 0.15) is 78.1 Å². The van der Waals surface area contributed by atoms with Crippen LogP contribution < -0.4 is 0 Å². The Kier molecular flexibility index (Phi) is 10.1. The largest absolute Gasteiger partial charge is 0.469 e. The van der Waals surface area contributed by atoms with Gasteiger partial charge in [-0.1, -0.05) is 44.8 Å². The molecule has 0 amide bonds. The first-order valence-electron chi connectivity index (χ1n) is 9.98. The fraction of sp³-hybridized carbons (Fsp3) is 0.810. The van der Waals surface area contributed by atoms with Gasteiger partial charge in [0.1, 0.15) is 5.78 Å². The minimum atomic E-state index is -0.749. The molecule has 2 N–H and O–H groups in total. The molecule has 0 aromatic heterocycles. The SMILES string of the molecule is CCCC(C)(O)CC=CC1C(=O)[C@H](CCCCCCC(=O)OC)C[C@@H]1O. The number of carbonyl (C=O) groups is 2. The first-order valence-corrected chi connectivity index (χ1v) is 9.98. The average Bonchev–Trinajstić information content (AvgIpc) is 2.85. The number of rotatable bonds is 12. The van der Waals surface area contributed by atoms with Crippen LogP contribution in [0.3, 0.4) is 0 Å². The molecule has 0 heterocycles. The molecule has 0 aromatic rings. The standard InChI is InChI=1S/C21H36O5/c1-4-13-21(2,25)14-9-11-17-18(22)15-16(20(17)24)10-7-5-6-8-12-19(23)26-3/h9,11,16-18,22,25H,4-8,10,12-15H2,1-3H3/t16-,17?,18+,21?/m1/s1. The number of methoxy groups -OCH3 is 1. The molecule has 4 atom stereocenters. The zero-order valence-corrected chi connectivity index (χ0v) is 16.6. The van der Waals surface area contributed by atoms with Crippen molar-refractivity contribution in [3.63, 3.8) is 0 Å². The molecule has 5 heteroatoms. The van der Waals surface area contributed by atoms with E-state index in [4.69, 9.17) is 0 Å². The molecule has 0 saturated heterocycles. The summed E-state index contributed by atoms with van der Waals surface area (Å²) in [5.41, 5.74) is -0.749. The van der Waals surface area contributed by atoms with Crippen molar-refractivity contribution in [1.29, 1.82) is 0 Å². The number of ether oxygens (including phenoxy) is 1. The third-order valence-corrected chi connectivity index (χ3v) is 5.27. The second-order valence-electron chi connectivity index (χ2n) is 7.84. The summed E-state index contributed by atoms with van der Waals surface area (Å²) in [5, 5.41) is 20.4. The lowest BCUT2D eigenvalue weighted by atomic mass is 9.93. The van der Waals surface area contributed by atoms with Crippen molar-refractivity contribution < 1.29 is 24.5 Å². The number of esters is 1. The van der Waals surface area contributed by atoms with Gasteiger partial charge in [-0.2, -0.15) is 0 Å². The quantitative estimate of drug-likeness (QED) is 0.313. The molecular formula is C21H36O5. The molecule has 5 nitrogen and oxygen atoms in total.